The molecule has 0 fully saturated rings. The summed E-state index contributed by atoms with van der Waals surface area (Å²) in [5.74, 6) is 0.103. The molecule has 0 bridgehead atoms. The van der Waals surface area contributed by atoms with Crippen LogP contribution >= 0.6 is 0 Å². The fraction of sp³-hybridized carbons (Fsp3) is 0.222. The van der Waals surface area contributed by atoms with Crippen LogP contribution in [0.5, 0.6) is 0 Å². The van der Waals surface area contributed by atoms with E-state index in [-0.39, 0.29) is 11.8 Å². The molecule has 4 nitrogen and oxygen atoms in total. The first kappa shape index (κ1) is 14.3. The van der Waals surface area contributed by atoms with Crippen LogP contribution in [-0.4, -0.2) is 18.4 Å². The highest BCUT2D eigenvalue weighted by molar-refractivity contribution is 6.08. The molecule has 2 amide bonds. The molecule has 1 N–H and O–H groups in total. The molecule has 1 aliphatic heterocycles. The normalized spacial score (nSPS) is 13.7. The Kier molecular flexibility index (Phi) is 3.92. The molecule has 0 spiro atoms. The van der Waals surface area contributed by atoms with Crippen molar-refractivity contribution >= 4 is 17.5 Å². The maximum Gasteiger partial charge on any atom is 0.322 e. The smallest absolute Gasteiger partial charge is 0.322 e. The van der Waals surface area contributed by atoms with E-state index < -0.39 is 0 Å². The maximum atomic E-state index is 12.4. The molecule has 22 heavy (non-hydrogen) atoms. The lowest BCUT2D eigenvalue weighted by molar-refractivity contribution is 0.0981. The molecule has 3 rings (SSSR count). The van der Waals surface area contributed by atoms with Gasteiger partial charge in [0.25, 0.3) is 0 Å². The fourth-order valence-electron chi connectivity index (χ4n) is 2.66. The highest BCUT2D eigenvalue weighted by atomic mass is 16.2. The van der Waals surface area contributed by atoms with E-state index in [2.05, 4.69) is 5.32 Å². The largest absolute Gasteiger partial charge is 0.334 e. The average molecular weight is 294 g/mol. The number of nitrogens with zero attached hydrogens (tertiary/aromatic N) is 1. The van der Waals surface area contributed by atoms with Gasteiger partial charge in [-0.2, -0.15) is 0 Å². The van der Waals surface area contributed by atoms with Crippen LogP contribution in [0.4, 0.5) is 10.5 Å². The molecule has 2 aromatic carbocycles. The third-order valence-corrected chi connectivity index (χ3v) is 3.84. The van der Waals surface area contributed by atoms with E-state index >= 15 is 0 Å². The first-order chi connectivity index (χ1) is 10.6. The van der Waals surface area contributed by atoms with Crippen LogP contribution in [0.3, 0.4) is 0 Å². The Balaban J connectivity index is 1.77. The van der Waals surface area contributed by atoms with E-state index in [1.54, 1.807) is 4.90 Å². The van der Waals surface area contributed by atoms with Crippen LogP contribution in [0.2, 0.25) is 0 Å². The number of ketones is 1. The third-order valence-electron chi connectivity index (χ3n) is 3.84. The summed E-state index contributed by atoms with van der Waals surface area (Å²) in [5, 5.41) is 2.91. The van der Waals surface area contributed by atoms with Gasteiger partial charge in [-0.3, -0.25) is 9.69 Å². The quantitative estimate of drug-likeness (QED) is 0.924. The van der Waals surface area contributed by atoms with E-state index in [1.165, 1.54) is 0 Å². The number of benzene rings is 2. The first-order valence-electron chi connectivity index (χ1n) is 7.38. The summed E-state index contributed by atoms with van der Waals surface area (Å²) in [6, 6.07) is 15.2. The molecule has 1 heterocycles. The number of aryl methyl sites for hydroxylation is 1. The zero-order chi connectivity index (χ0) is 15.5. The Morgan fingerprint density at radius 1 is 1.18 bits per heavy atom. The van der Waals surface area contributed by atoms with Crippen molar-refractivity contribution in [1.29, 1.82) is 0 Å². The van der Waals surface area contributed by atoms with Gasteiger partial charge in [-0.15, -0.1) is 0 Å². The summed E-state index contributed by atoms with van der Waals surface area (Å²) in [5.41, 5.74) is 3.42. The average Bonchev–Trinajstić information content (AvgIpc) is 2.54. The van der Waals surface area contributed by atoms with Crippen LogP contribution < -0.4 is 10.2 Å². The Bertz CT molecular complexity index is 710. The Morgan fingerprint density at radius 3 is 2.73 bits per heavy atom. The minimum absolute atomic E-state index is 0.103. The second kappa shape index (κ2) is 6.02. The van der Waals surface area contributed by atoms with Crippen LogP contribution in [0.25, 0.3) is 0 Å². The summed E-state index contributed by atoms with van der Waals surface area (Å²) >= 11 is 0. The molecule has 1 aliphatic rings. The SMILES string of the molecule is Cc1ccc2c(c1)C(=O)CCN2C(=O)NCc1ccccc1. The van der Waals surface area contributed by atoms with Gasteiger partial charge in [0.1, 0.15) is 0 Å². The third kappa shape index (κ3) is 2.86. The molecule has 4 heteroatoms. The minimum Gasteiger partial charge on any atom is -0.334 e. The van der Waals surface area contributed by atoms with Crippen molar-refractivity contribution in [2.75, 3.05) is 11.4 Å². The van der Waals surface area contributed by atoms with Gasteiger partial charge >= 0.3 is 6.03 Å². The molecule has 0 aliphatic carbocycles. The monoisotopic (exact) mass is 294 g/mol. The van der Waals surface area contributed by atoms with Crippen molar-refractivity contribution in [1.82, 2.24) is 5.32 Å². The van der Waals surface area contributed by atoms with Crippen LogP contribution in [-0.2, 0) is 6.54 Å². The highest BCUT2D eigenvalue weighted by Crippen LogP contribution is 2.28. The number of amides is 2. The highest BCUT2D eigenvalue weighted by Gasteiger charge is 2.27. The maximum absolute atomic E-state index is 12.4. The van der Waals surface area contributed by atoms with Crippen LogP contribution in [0.1, 0.15) is 27.9 Å². The Labute approximate surface area is 129 Å². The van der Waals surface area contributed by atoms with Gasteiger partial charge in [0, 0.05) is 25.1 Å². The summed E-state index contributed by atoms with van der Waals surface area (Å²) in [4.78, 5) is 26.1. The molecule has 0 atom stereocenters. The predicted molar refractivity (Wildman–Crippen MR) is 86.2 cm³/mol. The van der Waals surface area contributed by atoms with Crippen molar-refractivity contribution in [3.63, 3.8) is 0 Å². The van der Waals surface area contributed by atoms with E-state index in [4.69, 9.17) is 0 Å². The molecule has 0 radical (unpaired) electrons. The molecule has 0 unspecified atom stereocenters. The molecule has 2 aromatic rings. The second-order valence-electron chi connectivity index (χ2n) is 5.49. The number of nitrogens with one attached hydrogen (secondary N) is 1. The van der Waals surface area contributed by atoms with Crippen molar-refractivity contribution in [3.8, 4) is 0 Å². The predicted octanol–water partition coefficient (Wildman–Crippen LogP) is 3.30. The van der Waals surface area contributed by atoms with Gasteiger partial charge in [-0.25, -0.2) is 4.79 Å². The van der Waals surface area contributed by atoms with Gasteiger partial charge in [0.05, 0.1) is 5.69 Å². The topological polar surface area (TPSA) is 49.4 Å². The first-order valence-corrected chi connectivity index (χ1v) is 7.38. The standard InChI is InChI=1S/C18H18N2O2/c1-13-7-8-16-15(11-13)17(21)9-10-20(16)18(22)19-12-14-5-3-2-4-6-14/h2-8,11H,9-10,12H2,1H3,(H,19,22). The minimum atomic E-state index is -0.165. The van der Waals surface area contributed by atoms with Gasteiger partial charge in [-0.1, -0.05) is 42.0 Å². The number of fused-ring (bicyclic) bond motifs is 1. The number of rotatable bonds is 2. The summed E-state index contributed by atoms with van der Waals surface area (Å²) in [7, 11) is 0. The molecular weight excluding hydrogens is 276 g/mol. The Morgan fingerprint density at radius 2 is 1.95 bits per heavy atom. The van der Waals surface area contributed by atoms with Crippen molar-refractivity contribution in [2.24, 2.45) is 0 Å². The van der Waals surface area contributed by atoms with Gasteiger partial charge in [0.15, 0.2) is 5.78 Å². The number of Topliss-reactive ketones (excluding diaryl/α,β-unsaturated/α-hetero) is 1. The van der Waals surface area contributed by atoms with Crippen LogP contribution in [0.15, 0.2) is 48.5 Å². The summed E-state index contributed by atoms with van der Waals surface area (Å²) in [6.45, 7) is 2.85. The summed E-state index contributed by atoms with van der Waals surface area (Å²) in [6.07, 6.45) is 0.370. The van der Waals surface area contributed by atoms with Crippen molar-refractivity contribution < 1.29 is 9.59 Å². The number of hydrogen-bond acceptors (Lipinski definition) is 2. The fourth-order valence-corrected chi connectivity index (χ4v) is 2.66. The Hall–Kier alpha value is -2.62. The zero-order valence-corrected chi connectivity index (χ0v) is 12.5. The second-order valence-corrected chi connectivity index (χ2v) is 5.49. The lowest BCUT2D eigenvalue weighted by atomic mass is 9.98. The number of anilines is 1. The van der Waals surface area contributed by atoms with Gasteiger partial charge in [0.2, 0.25) is 0 Å². The zero-order valence-electron chi connectivity index (χ0n) is 12.5. The van der Waals surface area contributed by atoms with E-state index in [0.717, 1.165) is 11.1 Å². The molecule has 0 saturated carbocycles. The lowest BCUT2D eigenvalue weighted by Gasteiger charge is -2.29. The summed E-state index contributed by atoms with van der Waals surface area (Å²) < 4.78 is 0. The number of urea groups is 1. The number of hydrogen-bond donors (Lipinski definition) is 1. The van der Waals surface area contributed by atoms with E-state index in [0.29, 0.717) is 30.8 Å². The van der Waals surface area contributed by atoms with E-state index in [9.17, 15) is 9.59 Å². The molecule has 0 aromatic heterocycles. The molecule has 0 saturated heterocycles. The van der Waals surface area contributed by atoms with Gasteiger partial charge in [-0.05, 0) is 24.6 Å². The molecular formula is C18H18N2O2. The van der Waals surface area contributed by atoms with E-state index in [1.807, 2.05) is 55.5 Å². The van der Waals surface area contributed by atoms with Crippen molar-refractivity contribution in [3.05, 3.63) is 65.2 Å². The number of carbonyl (C=O) groups excluding carboxylic acids is 2. The lowest BCUT2D eigenvalue weighted by Crippen LogP contribution is -2.43. The van der Waals surface area contributed by atoms with Crippen LogP contribution in [0, 0.1) is 6.92 Å². The number of carbonyl (C=O) groups is 2. The van der Waals surface area contributed by atoms with Gasteiger partial charge < -0.3 is 5.32 Å². The molecule has 112 valence electrons. The van der Waals surface area contributed by atoms with Crippen molar-refractivity contribution in [2.45, 2.75) is 19.9 Å².